The molecule has 134 valence electrons. The van der Waals surface area contributed by atoms with E-state index in [1.165, 1.54) is 0 Å². The third kappa shape index (κ3) is 5.02. The van der Waals surface area contributed by atoms with Crippen LogP contribution < -0.4 is 4.74 Å². The van der Waals surface area contributed by atoms with Gasteiger partial charge in [-0.15, -0.1) is 0 Å². The fraction of sp³-hybridized carbons (Fsp3) is 0.174. The number of ether oxygens (including phenoxy) is 1. The predicted octanol–water partition coefficient (Wildman–Crippen LogP) is 5.42. The lowest BCUT2D eigenvalue weighted by Crippen LogP contribution is -1.97. The zero-order valence-corrected chi connectivity index (χ0v) is 15.3. The molecule has 0 aliphatic carbocycles. The van der Waals surface area contributed by atoms with Gasteiger partial charge in [-0.3, -0.25) is 0 Å². The number of aromatic nitrogens is 2. The first-order chi connectivity index (χ1) is 13.3. The molecule has 0 saturated heterocycles. The molecule has 3 aromatic rings. The summed E-state index contributed by atoms with van der Waals surface area (Å²) < 4.78 is 5.64. The first-order valence-electron chi connectivity index (χ1n) is 9.01. The standard InChI is InChI=1S/C23H21N3O/c1-2-3-4-5-14-27-22-16-25-23(26-17-22)21-12-10-20(11-13-21)19-8-6-18(15-24)7-9-19/h3-4,6-13,16-17H,2,5,14H2,1H3/b4-3-. The van der Waals surface area contributed by atoms with E-state index in [-0.39, 0.29) is 0 Å². The smallest absolute Gasteiger partial charge is 0.159 e. The molecule has 4 heteroatoms. The van der Waals surface area contributed by atoms with E-state index in [0.717, 1.165) is 29.5 Å². The van der Waals surface area contributed by atoms with Gasteiger partial charge >= 0.3 is 0 Å². The van der Waals surface area contributed by atoms with E-state index in [1.807, 2.05) is 48.5 Å². The Kier molecular flexibility index (Phi) is 6.32. The van der Waals surface area contributed by atoms with Crippen molar-refractivity contribution in [3.8, 4) is 34.3 Å². The lowest BCUT2D eigenvalue weighted by molar-refractivity contribution is 0.322. The molecule has 0 bridgehead atoms. The summed E-state index contributed by atoms with van der Waals surface area (Å²) in [5.41, 5.74) is 3.77. The van der Waals surface area contributed by atoms with Crippen LogP contribution in [0.15, 0.2) is 73.1 Å². The van der Waals surface area contributed by atoms with Gasteiger partial charge in [-0.2, -0.15) is 5.26 Å². The van der Waals surface area contributed by atoms with Crippen molar-refractivity contribution in [2.24, 2.45) is 0 Å². The maximum absolute atomic E-state index is 8.89. The number of benzene rings is 2. The minimum absolute atomic E-state index is 0.624. The number of nitrogens with zero attached hydrogens (tertiary/aromatic N) is 3. The molecule has 0 aliphatic rings. The summed E-state index contributed by atoms with van der Waals surface area (Å²) in [7, 11) is 0. The van der Waals surface area contributed by atoms with Crippen molar-refractivity contribution >= 4 is 0 Å². The molecule has 3 rings (SSSR count). The highest BCUT2D eigenvalue weighted by molar-refractivity contribution is 5.68. The Bertz CT molecular complexity index is 921. The molecule has 0 atom stereocenters. The quantitative estimate of drug-likeness (QED) is 0.419. The second-order valence-electron chi connectivity index (χ2n) is 6.03. The van der Waals surface area contributed by atoms with Crippen molar-refractivity contribution in [1.29, 1.82) is 5.26 Å². The van der Waals surface area contributed by atoms with Crippen LogP contribution in [0, 0.1) is 11.3 Å². The molecule has 0 N–H and O–H groups in total. The first kappa shape index (κ1) is 18.3. The molecule has 0 radical (unpaired) electrons. The Morgan fingerprint density at radius 1 is 0.889 bits per heavy atom. The van der Waals surface area contributed by atoms with Crippen LogP contribution in [0.25, 0.3) is 22.5 Å². The molecule has 0 unspecified atom stereocenters. The van der Waals surface area contributed by atoms with Gasteiger partial charge in [0.1, 0.15) is 0 Å². The summed E-state index contributed by atoms with van der Waals surface area (Å²) in [5.74, 6) is 1.34. The van der Waals surface area contributed by atoms with Gasteiger partial charge in [0.2, 0.25) is 0 Å². The second-order valence-corrected chi connectivity index (χ2v) is 6.03. The van der Waals surface area contributed by atoms with Crippen LogP contribution >= 0.6 is 0 Å². The Balaban J connectivity index is 1.64. The van der Waals surface area contributed by atoms with Crippen molar-refractivity contribution in [2.45, 2.75) is 19.8 Å². The Labute approximate surface area is 159 Å². The van der Waals surface area contributed by atoms with E-state index in [0.29, 0.717) is 23.7 Å². The highest BCUT2D eigenvalue weighted by atomic mass is 16.5. The lowest BCUT2D eigenvalue weighted by Gasteiger charge is -2.06. The zero-order valence-electron chi connectivity index (χ0n) is 15.3. The number of hydrogen-bond acceptors (Lipinski definition) is 4. The maximum atomic E-state index is 8.89. The predicted molar refractivity (Wildman–Crippen MR) is 107 cm³/mol. The summed E-state index contributed by atoms with van der Waals surface area (Å²) >= 11 is 0. The minimum Gasteiger partial charge on any atom is -0.490 e. The third-order valence-corrected chi connectivity index (χ3v) is 4.07. The average molecular weight is 355 g/mol. The molecule has 4 nitrogen and oxygen atoms in total. The molecular formula is C23H21N3O. The van der Waals surface area contributed by atoms with Gasteiger partial charge < -0.3 is 4.74 Å². The largest absolute Gasteiger partial charge is 0.490 e. The first-order valence-corrected chi connectivity index (χ1v) is 9.01. The number of nitriles is 1. The third-order valence-electron chi connectivity index (χ3n) is 4.07. The molecule has 2 aromatic carbocycles. The number of hydrogen-bond donors (Lipinski definition) is 0. The molecule has 0 saturated carbocycles. The number of rotatable bonds is 7. The van der Waals surface area contributed by atoms with Crippen LogP contribution in [0.3, 0.4) is 0 Å². The molecule has 0 aliphatic heterocycles. The van der Waals surface area contributed by atoms with Crippen LogP contribution in [-0.2, 0) is 0 Å². The Morgan fingerprint density at radius 2 is 1.48 bits per heavy atom. The fourth-order valence-corrected chi connectivity index (χ4v) is 2.62. The van der Waals surface area contributed by atoms with Crippen LogP contribution in [0.1, 0.15) is 25.3 Å². The van der Waals surface area contributed by atoms with Crippen LogP contribution in [0.2, 0.25) is 0 Å². The van der Waals surface area contributed by atoms with Crippen molar-refractivity contribution in [1.82, 2.24) is 9.97 Å². The van der Waals surface area contributed by atoms with E-state index in [9.17, 15) is 0 Å². The van der Waals surface area contributed by atoms with Crippen LogP contribution in [-0.4, -0.2) is 16.6 Å². The second kappa shape index (κ2) is 9.30. The van der Waals surface area contributed by atoms with Crippen molar-refractivity contribution < 1.29 is 4.74 Å². The summed E-state index contributed by atoms with van der Waals surface area (Å²) in [4.78, 5) is 8.80. The Morgan fingerprint density at radius 3 is 2.07 bits per heavy atom. The summed E-state index contributed by atoms with van der Waals surface area (Å²) in [6.07, 6.45) is 9.59. The maximum Gasteiger partial charge on any atom is 0.159 e. The van der Waals surface area contributed by atoms with Crippen molar-refractivity contribution in [3.05, 3.63) is 78.6 Å². The minimum atomic E-state index is 0.624. The van der Waals surface area contributed by atoms with Gasteiger partial charge in [0.05, 0.1) is 30.6 Å². The summed E-state index contributed by atoms with van der Waals surface area (Å²) in [6, 6.07) is 17.7. The van der Waals surface area contributed by atoms with E-state index < -0.39 is 0 Å². The van der Waals surface area contributed by atoms with Gasteiger partial charge in [-0.1, -0.05) is 55.5 Å². The van der Waals surface area contributed by atoms with Gasteiger partial charge in [-0.25, -0.2) is 9.97 Å². The fourth-order valence-electron chi connectivity index (χ4n) is 2.62. The normalized spacial score (nSPS) is 10.7. The van der Waals surface area contributed by atoms with Gasteiger partial charge in [0.25, 0.3) is 0 Å². The van der Waals surface area contributed by atoms with E-state index in [4.69, 9.17) is 10.00 Å². The molecule has 0 amide bonds. The molecule has 0 spiro atoms. The van der Waals surface area contributed by atoms with E-state index in [1.54, 1.807) is 12.4 Å². The summed E-state index contributed by atoms with van der Waals surface area (Å²) in [6.45, 7) is 2.74. The molecule has 0 fully saturated rings. The van der Waals surface area contributed by atoms with Crippen molar-refractivity contribution in [3.63, 3.8) is 0 Å². The highest BCUT2D eigenvalue weighted by Gasteiger charge is 2.04. The number of allylic oxidation sites excluding steroid dienone is 1. The molecule has 1 aromatic heterocycles. The summed E-state index contributed by atoms with van der Waals surface area (Å²) in [5, 5.41) is 8.89. The van der Waals surface area contributed by atoms with E-state index in [2.05, 4.69) is 35.1 Å². The van der Waals surface area contributed by atoms with Gasteiger partial charge in [0.15, 0.2) is 11.6 Å². The monoisotopic (exact) mass is 355 g/mol. The van der Waals surface area contributed by atoms with E-state index >= 15 is 0 Å². The van der Waals surface area contributed by atoms with Gasteiger partial charge in [0, 0.05) is 5.56 Å². The highest BCUT2D eigenvalue weighted by Crippen LogP contribution is 2.23. The topological polar surface area (TPSA) is 58.8 Å². The Hall–Kier alpha value is -3.45. The SMILES string of the molecule is CC/C=C\CCOc1cnc(-c2ccc(-c3ccc(C#N)cc3)cc2)nc1. The van der Waals surface area contributed by atoms with Gasteiger partial charge in [-0.05, 0) is 36.1 Å². The van der Waals surface area contributed by atoms with Crippen LogP contribution in [0.5, 0.6) is 5.75 Å². The molecule has 27 heavy (non-hydrogen) atoms. The van der Waals surface area contributed by atoms with Crippen molar-refractivity contribution in [2.75, 3.05) is 6.61 Å². The molecule has 1 heterocycles. The lowest BCUT2D eigenvalue weighted by atomic mass is 10.0. The molecular weight excluding hydrogens is 334 g/mol. The average Bonchev–Trinajstić information content (AvgIpc) is 2.74. The van der Waals surface area contributed by atoms with Crippen LogP contribution in [0.4, 0.5) is 0 Å². The zero-order chi connectivity index (χ0) is 18.9.